The van der Waals surface area contributed by atoms with E-state index in [0.717, 1.165) is 19.3 Å². The van der Waals surface area contributed by atoms with Gasteiger partial charge in [0.25, 0.3) is 0 Å². The normalized spacial score (nSPS) is 35.4. The van der Waals surface area contributed by atoms with Gasteiger partial charge in [-0.15, -0.1) is 6.58 Å². The average Bonchev–Trinajstić information content (AvgIpc) is 3.02. The smallest absolute Gasteiger partial charge is 0.353 e. The molecule has 2 unspecified atom stereocenters. The molecule has 0 heterocycles. The zero-order valence-corrected chi connectivity index (χ0v) is 13.8. The Morgan fingerprint density at radius 1 is 1.23 bits per heavy atom. The molecule has 0 aromatic heterocycles. The second kappa shape index (κ2) is 5.82. The van der Waals surface area contributed by atoms with E-state index in [-0.39, 0.29) is 5.41 Å². The summed E-state index contributed by atoms with van der Waals surface area (Å²) >= 11 is 0. The van der Waals surface area contributed by atoms with Gasteiger partial charge in [-0.3, -0.25) is 0 Å². The third-order valence-electron chi connectivity index (χ3n) is 5.84. The molecule has 2 aliphatic carbocycles. The van der Waals surface area contributed by atoms with Gasteiger partial charge in [0.05, 0.1) is 0 Å². The van der Waals surface area contributed by atoms with Gasteiger partial charge in [0, 0.05) is 12.0 Å². The van der Waals surface area contributed by atoms with Crippen molar-refractivity contribution in [2.24, 2.45) is 10.8 Å². The molecule has 2 aliphatic rings. The van der Waals surface area contributed by atoms with E-state index in [1.165, 1.54) is 6.92 Å². The fourth-order valence-corrected chi connectivity index (χ4v) is 4.32. The summed E-state index contributed by atoms with van der Waals surface area (Å²) in [5, 5.41) is 0. The van der Waals surface area contributed by atoms with Crippen molar-refractivity contribution in [2.45, 2.75) is 77.4 Å². The van der Waals surface area contributed by atoms with E-state index in [2.05, 4.69) is 6.58 Å². The molecule has 22 heavy (non-hydrogen) atoms. The SMILES string of the molecule is C=CC12CCC(C(C)(OC(C)OCCC)C(F)(F)F)(CC1)C2. The van der Waals surface area contributed by atoms with Gasteiger partial charge in [-0.1, -0.05) is 13.0 Å². The maximum atomic E-state index is 13.9. The van der Waals surface area contributed by atoms with Gasteiger partial charge in [-0.25, -0.2) is 0 Å². The summed E-state index contributed by atoms with van der Waals surface area (Å²) in [5.74, 6) is 0. The lowest BCUT2D eigenvalue weighted by Gasteiger charge is -2.47. The van der Waals surface area contributed by atoms with Gasteiger partial charge in [0.1, 0.15) is 0 Å². The fourth-order valence-electron chi connectivity index (χ4n) is 4.32. The summed E-state index contributed by atoms with van der Waals surface area (Å²) in [6.07, 6.45) is 0.464. The third-order valence-corrected chi connectivity index (χ3v) is 5.84. The third kappa shape index (κ3) is 2.71. The van der Waals surface area contributed by atoms with Gasteiger partial charge in [0.15, 0.2) is 11.9 Å². The van der Waals surface area contributed by atoms with Crippen LogP contribution in [0.4, 0.5) is 13.2 Å². The lowest BCUT2D eigenvalue weighted by atomic mass is 9.69. The molecule has 0 spiro atoms. The lowest BCUT2D eigenvalue weighted by Crippen LogP contribution is -2.58. The predicted octanol–water partition coefficient (Wildman–Crippen LogP) is 5.23. The van der Waals surface area contributed by atoms with Gasteiger partial charge < -0.3 is 9.47 Å². The Bertz CT molecular complexity index is 411. The Morgan fingerprint density at radius 2 is 1.82 bits per heavy atom. The summed E-state index contributed by atoms with van der Waals surface area (Å²) in [5.41, 5.74) is -3.17. The number of halogens is 3. The zero-order chi connectivity index (χ0) is 16.6. The Hall–Kier alpha value is -0.550. The number of rotatable bonds is 7. The molecule has 2 atom stereocenters. The second-order valence-corrected chi connectivity index (χ2v) is 7.11. The van der Waals surface area contributed by atoms with E-state index in [1.54, 1.807) is 6.92 Å². The van der Waals surface area contributed by atoms with Gasteiger partial charge >= 0.3 is 6.18 Å². The van der Waals surface area contributed by atoms with E-state index >= 15 is 0 Å². The summed E-state index contributed by atoms with van der Waals surface area (Å²) in [7, 11) is 0. The van der Waals surface area contributed by atoms with Crippen LogP contribution in [-0.2, 0) is 9.47 Å². The summed E-state index contributed by atoms with van der Waals surface area (Å²) in [4.78, 5) is 0. The minimum Gasteiger partial charge on any atom is -0.353 e. The van der Waals surface area contributed by atoms with E-state index in [4.69, 9.17) is 9.47 Å². The van der Waals surface area contributed by atoms with Crippen molar-refractivity contribution in [1.82, 2.24) is 0 Å². The van der Waals surface area contributed by atoms with Crippen molar-refractivity contribution in [3.8, 4) is 0 Å². The number of fused-ring (bicyclic) bond motifs is 2. The number of ether oxygens (including phenoxy) is 2. The summed E-state index contributed by atoms with van der Waals surface area (Å²) < 4.78 is 52.6. The first kappa shape index (κ1) is 17.8. The highest BCUT2D eigenvalue weighted by Crippen LogP contribution is 2.69. The maximum Gasteiger partial charge on any atom is 0.417 e. The standard InChI is InChI=1S/C17H27F3O2/c1-5-11-21-13(3)22-14(4,17(18,19)20)16-9-7-15(6-2,12-16)8-10-16/h6,13H,2,5,7-12H2,1,3-4H3. The number of hydrogen-bond donors (Lipinski definition) is 0. The van der Waals surface area contributed by atoms with Crippen LogP contribution in [0.15, 0.2) is 12.7 Å². The predicted molar refractivity (Wildman–Crippen MR) is 79.4 cm³/mol. The van der Waals surface area contributed by atoms with Crippen LogP contribution in [0, 0.1) is 10.8 Å². The molecule has 2 rings (SSSR count). The average molecular weight is 320 g/mol. The van der Waals surface area contributed by atoms with Crippen molar-refractivity contribution in [1.29, 1.82) is 0 Å². The monoisotopic (exact) mass is 320 g/mol. The van der Waals surface area contributed by atoms with Crippen LogP contribution < -0.4 is 0 Å². The Kier molecular flexibility index (Phi) is 4.71. The molecule has 0 amide bonds. The Morgan fingerprint density at radius 3 is 2.23 bits per heavy atom. The van der Waals surface area contributed by atoms with Crippen LogP contribution in [0.3, 0.4) is 0 Å². The van der Waals surface area contributed by atoms with Crippen molar-refractivity contribution in [2.75, 3.05) is 6.61 Å². The van der Waals surface area contributed by atoms with Crippen LogP contribution in [0.1, 0.15) is 59.3 Å². The van der Waals surface area contributed by atoms with E-state index in [9.17, 15) is 13.2 Å². The van der Waals surface area contributed by atoms with Crippen molar-refractivity contribution in [3.63, 3.8) is 0 Å². The molecule has 2 nitrogen and oxygen atoms in total. The van der Waals surface area contributed by atoms with E-state index < -0.39 is 23.5 Å². The Balaban J connectivity index is 2.26. The first-order chi connectivity index (χ1) is 10.1. The van der Waals surface area contributed by atoms with E-state index in [0.29, 0.717) is 25.9 Å². The van der Waals surface area contributed by atoms with Crippen molar-refractivity contribution < 1.29 is 22.6 Å². The van der Waals surface area contributed by atoms with Crippen LogP contribution in [0.5, 0.6) is 0 Å². The molecule has 0 radical (unpaired) electrons. The minimum absolute atomic E-state index is 0.136. The first-order valence-electron chi connectivity index (χ1n) is 8.13. The fraction of sp³-hybridized carbons (Fsp3) is 0.882. The molecule has 0 aromatic carbocycles. The molecular formula is C17H27F3O2. The van der Waals surface area contributed by atoms with Gasteiger partial charge in [-0.2, -0.15) is 13.2 Å². The molecule has 2 bridgehead atoms. The molecule has 2 fully saturated rings. The van der Waals surface area contributed by atoms with Crippen LogP contribution in [-0.4, -0.2) is 24.7 Å². The molecular weight excluding hydrogens is 293 g/mol. The van der Waals surface area contributed by atoms with Crippen molar-refractivity contribution >= 4 is 0 Å². The molecule has 0 aromatic rings. The van der Waals surface area contributed by atoms with Gasteiger partial charge in [-0.05, 0) is 57.8 Å². The second-order valence-electron chi connectivity index (χ2n) is 7.11. The quantitative estimate of drug-likeness (QED) is 0.472. The summed E-state index contributed by atoms with van der Waals surface area (Å²) in [6, 6.07) is 0. The van der Waals surface area contributed by atoms with Crippen molar-refractivity contribution in [3.05, 3.63) is 12.7 Å². The molecule has 5 heteroatoms. The molecule has 128 valence electrons. The van der Waals surface area contributed by atoms with E-state index in [1.807, 2.05) is 13.0 Å². The number of allylic oxidation sites excluding steroid dienone is 1. The maximum absolute atomic E-state index is 13.9. The molecule has 0 aliphatic heterocycles. The molecule has 0 saturated heterocycles. The highest BCUT2D eigenvalue weighted by atomic mass is 19.4. The minimum atomic E-state index is -4.42. The lowest BCUT2D eigenvalue weighted by molar-refractivity contribution is -0.349. The highest BCUT2D eigenvalue weighted by Gasteiger charge is 2.70. The highest BCUT2D eigenvalue weighted by molar-refractivity contribution is 5.18. The molecule has 2 saturated carbocycles. The largest absolute Gasteiger partial charge is 0.417 e. The zero-order valence-electron chi connectivity index (χ0n) is 13.8. The Labute approximate surface area is 131 Å². The number of alkyl halides is 3. The van der Waals surface area contributed by atoms with Crippen LogP contribution in [0.2, 0.25) is 0 Å². The molecule has 0 N–H and O–H groups in total. The summed E-state index contributed by atoms with van der Waals surface area (Å²) in [6.45, 7) is 8.93. The topological polar surface area (TPSA) is 18.5 Å². The van der Waals surface area contributed by atoms with Gasteiger partial charge in [0.2, 0.25) is 0 Å². The number of hydrogen-bond acceptors (Lipinski definition) is 2. The first-order valence-corrected chi connectivity index (χ1v) is 8.13. The van der Waals surface area contributed by atoms with Crippen LogP contribution >= 0.6 is 0 Å². The van der Waals surface area contributed by atoms with Crippen LogP contribution in [0.25, 0.3) is 0 Å².